The normalized spacial score (nSPS) is 19.3. The second-order valence-corrected chi connectivity index (χ2v) is 6.29. The fourth-order valence-corrected chi connectivity index (χ4v) is 3.56. The summed E-state index contributed by atoms with van der Waals surface area (Å²) in [6.45, 7) is 3.90. The number of nitrogens with one attached hydrogen (secondary N) is 1. The van der Waals surface area contributed by atoms with Gasteiger partial charge in [0.15, 0.2) is 11.5 Å². The first kappa shape index (κ1) is 17.9. The Bertz CT molecular complexity index is 549. The zero-order valence-electron chi connectivity index (χ0n) is 13.8. The molecule has 128 valence electrons. The molecule has 6 heteroatoms. The van der Waals surface area contributed by atoms with Crippen molar-refractivity contribution in [3.63, 3.8) is 0 Å². The molecule has 1 aromatic rings. The van der Waals surface area contributed by atoms with E-state index in [0.717, 1.165) is 39.0 Å². The van der Waals surface area contributed by atoms with Gasteiger partial charge in [-0.05, 0) is 49.4 Å². The van der Waals surface area contributed by atoms with Gasteiger partial charge in [-0.2, -0.15) is 0 Å². The van der Waals surface area contributed by atoms with E-state index in [2.05, 4.69) is 5.32 Å². The number of nitrogens with zero attached hydrogens (tertiary/aromatic N) is 1. The smallest absolute Gasteiger partial charge is 0.253 e. The maximum absolute atomic E-state index is 12.7. The monoisotopic (exact) mass is 340 g/mol. The Morgan fingerprint density at radius 3 is 2.39 bits per heavy atom. The van der Waals surface area contributed by atoms with Crippen LogP contribution in [0.3, 0.4) is 0 Å². The lowest BCUT2D eigenvalue weighted by Gasteiger charge is -2.39. The molecule has 23 heavy (non-hydrogen) atoms. The lowest BCUT2D eigenvalue weighted by atomic mass is 9.78. The van der Waals surface area contributed by atoms with Crippen molar-refractivity contribution in [3.8, 4) is 11.5 Å². The highest BCUT2D eigenvalue weighted by atomic mass is 35.5. The van der Waals surface area contributed by atoms with E-state index in [9.17, 15) is 4.79 Å². The molecule has 0 aromatic heterocycles. The lowest BCUT2D eigenvalue weighted by molar-refractivity contribution is 0.0607. The molecular formula is C17H25ClN2O3. The second-order valence-electron chi connectivity index (χ2n) is 6.29. The van der Waals surface area contributed by atoms with Crippen molar-refractivity contribution in [2.45, 2.75) is 19.3 Å². The summed E-state index contributed by atoms with van der Waals surface area (Å²) in [5.74, 6) is 1.33. The summed E-state index contributed by atoms with van der Waals surface area (Å²) in [6, 6.07) is 5.37. The fraction of sp³-hybridized carbons (Fsp3) is 0.588. The third-order valence-corrected chi connectivity index (χ3v) is 5.07. The highest BCUT2D eigenvalue weighted by Gasteiger charge is 2.38. The first-order valence-electron chi connectivity index (χ1n) is 7.89. The van der Waals surface area contributed by atoms with Gasteiger partial charge in [0.25, 0.3) is 5.91 Å². The molecule has 1 amide bonds. The summed E-state index contributed by atoms with van der Waals surface area (Å²) in [7, 11) is 3.18. The SMILES string of the molecule is COc1ccc(C(=O)N2CCC3(CCNC3)CC2)cc1OC.Cl. The molecule has 0 radical (unpaired) electrons. The Labute approximate surface area is 143 Å². The molecule has 5 nitrogen and oxygen atoms in total. The number of ether oxygens (including phenoxy) is 2. The quantitative estimate of drug-likeness (QED) is 0.917. The van der Waals surface area contributed by atoms with Crippen molar-refractivity contribution < 1.29 is 14.3 Å². The van der Waals surface area contributed by atoms with Crippen LogP contribution in [0.25, 0.3) is 0 Å². The number of halogens is 1. The summed E-state index contributed by atoms with van der Waals surface area (Å²) in [5.41, 5.74) is 1.09. The van der Waals surface area contributed by atoms with Gasteiger partial charge in [0, 0.05) is 25.2 Å². The molecule has 1 N–H and O–H groups in total. The third kappa shape index (κ3) is 3.56. The first-order valence-corrected chi connectivity index (χ1v) is 7.89. The summed E-state index contributed by atoms with van der Waals surface area (Å²) in [5, 5.41) is 3.45. The fourth-order valence-electron chi connectivity index (χ4n) is 3.56. The van der Waals surface area contributed by atoms with E-state index < -0.39 is 0 Å². The van der Waals surface area contributed by atoms with Crippen LogP contribution in [0.5, 0.6) is 11.5 Å². The maximum atomic E-state index is 12.7. The first-order chi connectivity index (χ1) is 10.7. The maximum Gasteiger partial charge on any atom is 0.253 e. The van der Waals surface area contributed by atoms with Crippen LogP contribution in [0.2, 0.25) is 0 Å². The number of hydrogen-bond acceptors (Lipinski definition) is 4. The summed E-state index contributed by atoms with van der Waals surface area (Å²) in [6.07, 6.45) is 3.43. The van der Waals surface area contributed by atoms with Crippen LogP contribution < -0.4 is 14.8 Å². The zero-order chi connectivity index (χ0) is 15.6. The number of likely N-dealkylation sites (tertiary alicyclic amines) is 1. The van der Waals surface area contributed by atoms with Gasteiger partial charge in [-0.1, -0.05) is 0 Å². The predicted molar refractivity (Wildman–Crippen MR) is 91.9 cm³/mol. The number of rotatable bonds is 3. The molecule has 1 spiro atoms. The molecule has 2 fully saturated rings. The Morgan fingerprint density at radius 2 is 1.83 bits per heavy atom. The molecule has 2 saturated heterocycles. The van der Waals surface area contributed by atoms with Crippen molar-refractivity contribution in [2.24, 2.45) is 5.41 Å². The topological polar surface area (TPSA) is 50.8 Å². The molecule has 2 aliphatic rings. The Hall–Kier alpha value is -1.46. The van der Waals surface area contributed by atoms with E-state index in [1.807, 2.05) is 11.0 Å². The largest absolute Gasteiger partial charge is 0.493 e. The van der Waals surface area contributed by atoms with Gasteiger partial charge >= 0.3 is 0 Å². The van der Waals surface area contributed by atoms with Crippen LogP contribution in [0.15, 0.2) is 18.2 Å². The Morgan fingerprint density at radius 1 is 1.13 bits per heavy atom. The van der Waals surface area contributed by atoms with Gasteiger partial charge in [-0.25, -0.2) is 0 Å². The van der Waals surface area contributed by atoms with Crippen molar-refractivity contribution in [1.29, 1.82) is 0 Å². The van der Waals surface area contributed by atoms with Crippen LogP contribution in [-0.4, -0.2) is 51.2 Å². The highest BCUT2D eigenvalue weighted by Crippen LogP contribution is 2.37. The van der Waals surface area contributed by atoms with E-state index >= 15 is 0 Å². The molecule has 1 aromatic carbocycles. The molecule has 0 saturated carbocycles. The molecule has 0 atom stereocenters. The van der Waals surface area contributed by atoms with Gasteiger partial charge in [0.1, 0.15) is 0 Å². The minimum atomic E-state index is 0. The van der Waals surface area contributed by atoms with E-state index in [1.165, 1.54) is 6.42 Å². The van der Waals surface area contributed by atoms with E-state index in [0.29, 0.717) is 22.5 Å². The molecule has 2 aliphatic heterocycles. The number of methoxy groups -OCH3 is 2. The average Bonchev–Trinajstić information content (AvgIpc) is 3.02. The summed E-state index contributed by atoms with van der Waals surface area (Å²) in [4.78, 5) is 14.6. The number of amides is 1. The number of carbonyl (C=O) groups is 1. The van der Waals surface area contributed by atoms with Crippen molar-refractivity contribution in [3.05, 3.63) is 23.8 Å². The van der Waals surface area contributed by atoms with Crippen molar-refractivity contribution in [1.82, 2.24) is 10.2 Å². The van der Waals surface area contributed by atoms with E-state index in [-0.39, 0.29) is 18.3 Å². The minimum Gasteiger partial charge on any atom is -0.493 e. The Balaban J connectivity index is 0.00000192. The van der Waals surface area contributed by atoms with Gasteiger partial charge in [-0.15, -0.1) is 12.4 Å². The van der Waals surface area contributed by atoms with E-state index in [4.69, 9.17) is 9.47 Å². The molecule has 2 heterocycles. The van der Waals surface area contributed by atoms with Gasteiger partial charge in [-0.3, -0.25) is 4.79 Å². The van der Waals surface area contributed by atoms with Gasteiger partial charge < -0.3 is 19.7 Å². The van der Waals surface area contributed by atoms with Crippen molar-refractivity contribution in [2.75, 3.05) is 40.4 Å². The van der Waals surface area contributed by atoms with Crippen LogP contribution in [0.1, 0.15) is 29.6 Å². The van der Waals surface area contributed by atoms with Gasteiger partial charge in [0.05, 0.1) is 14.2 Å². The number of hydrogen-bond donors (Lipinski definition) is 1. The summed E-state index contributed by atoms with van der Waals surface area (Å²) >= 11 is 0. The summed E-state index contributed by atoms with van der Waals surface area (Å²) < 4.78 is 10.5. The highest BCUT2D eigenvalue weighted by molar-refractivity contribution is 5.95. The molecule has 0 bridgehead atoms. The van der Waals surface area contributed by atoms with Crippen molar-refractivity contribution >= 4 is 18.3 Å². The minimum absolute atomic E-state index is 0. The number of piperidine rings is 1. The average molecular weight is 341 g/mol. The lowest BCUT2D eigenvalue weighted by Crippen LogP contribution is -2.44. The number of benzene rings is 1. The zero-order valence-corrected chi connectivity index (χ0v) is 14.6. The third-order valence-electron chi connectivity index (χ3n) is 5.07. The second kappa shape index (κ2) is 7.41. The standard InChI is InChI=1S/C17H24N2O3.ClH/c1-21-14-4-3-13(11-15(14)22-2)16(20)19-9-6-17(7-10-19)5-8-18-12-17;/h3-4,11,18H,5-10,12H2,1-2H3;1H. The number of carbonyl (C=O) groups excluding carboxylic acids is 1. The van der Waals surface area contributed by atoms with Crippen LogP contribution in [0, 0.1) is 5.41 Å². The molecule has 0 aliphatic carbocycles. The molecular weight excluding hydrogens is 316 g/mol. The molecule has 0 unspecified atom stereocenters. The Kier molecular flexibility index (Phi) is 5.76. The van der Waals surface area contributed by atoms with Gasteiger partial charge in [0.2, 0.25) is 0 Å². The predicted octanol–water partition coefficient (Wildman–Crippen LogP) is 2.34. The van der Waals surface area contributed by atoms with Crippen LogP contribution in [0.4, 0.5) is 0 Å². The van der Waals surface area contributed by atoms with Crippen LogP contribution >= 0.6 is 12.4 Å². The van der Waals surface area contributed by atoms with Crippen LogP contribution in [-0.2, 0) is 0 Å². The van der Waals surface area contributed by atoms with E-state index in [1.54, 1.807) is 26.4 Å². The molecule has 3 rings (SSSR count).